The molecular weight excluding hydrogens is 635 g/mol. The molecule has 0 aromatic heterocycles. The molecule has 1 heterocycles. The first kappa shape index (κ1) is 33.0. The van der Waals surface area contributed by atoms with Crippen molar-refractivity contribution in [3.05, 3.63) is 148 Å². The van der Waals surface area contributed by atoms with Crippen molar-refractivity contribution in [3.8, 4) is 0 Å². The van der Waals surface area contributed by atoms with Gasteiger partial charge in [0.25, 0.3) is 0 Å². The third-order valence-corrected chi connectivity index (χ3v) is 11.3. The van der Waals surface area contributed by atoms with Gasteiger partial charge in [-0.3, -0.25) is 14.5 Å². The van der Waals surface area contributed by atoms with Crippen LogP contribution in [0.4, 0.5) is 4.79 Å². The average Bonchev–Trinajstić information content (AvgIpc) is 3.63. The fourth-order valence-electron chi connectivity index (χ4n) is 8.53. The maximum Gasteiger partial charge on any atom is 0.411 e. The number of nitrogens with zero attached hydrogens (tertiary/aromatic N) is 1. The van der Waals surface area contributed by atoms with Crippen LogP contribution in [-0.4, -0.2) is 35.4 Å². The number of aryl methyl sites for hydroxylation is 3. The van der Waals surface area contributed by atoms with Gasteiger partial charge in [-0.05, 0) is 114 Å². The number of rotatable bonds is 7. The van der Waals surface area contributed by atoms with Crippen LogP contribution in [0.25, 0.3) is 5.57 Å². The van der Waals surface area contributed by atoms with Gasteiger partial charge in [-0.15, -0.1) is 0 Å². The SMILES string of the molecule is O=C(NC1CCCc2ccccc21)[C@H]1CCc2cc(C3=C[C@@H](C(=O)NC4CCCc5ccccc54)N(C(=O)OCc4ccccc4)C3)ccc2C1. The van der Waals surface area contributed by atoms with Crippen LogP contribution in [0.5, 0.6) is 0 Å². The predicted octanol–water partition coefficient (Wildman–Crippen LogP) is 7.58. The summed E-state index contributed by atoms with van der Waals surface area (Å²) >= 11 is 0. The van der Waals surface area contributed by atoms with E-state index < -0.39 is 12.1 Å². The van der Waals surface area contributed by atoms with Gasteiger partial charge < -0.3 is 15.4 Å². The lowest BCUT2D eigenvalue weighted by molar-refractivity contribution is -0.126. The topological polar surface area (TPSA) is 87.7 Å². The second-order valence-corrected chi connectivity index (χ2v) is 14.5. The lowest BCUT2D eigenvalue weighted by Gasteiger charge is -2.30. The fraction of sp³-hybridized carbons (Fsp3) is 0.341. The lowest BCUT2D eigenvalue weighted by atomic mass is 9.81. The Balaban J connectivity index is 0.981. The van der Waals surface area contributed by atoms with Gasteiger partial charge in [0.05, 0.1) is 18.6 Å². The van der Waals surface area contributed by atoms with Crippen molar-refractivity contribution in [2.45, 2.75) is 82.5 Å². The zero-order valence-corrected chi connectivity index (χ0v) is 29.0. The van der Waals surface area contributed by atoms with Crippen molar-refractivity contribution >= 4 is 23.5 Å². The van der Waals surface area contributed by atoms with Gasteiger partial charge in [-0.1, -0.05) is 97.1 Å². The highest BCUT2D eigenvalue weighted by Gasteiger charge is 2.37. The normalized spacial score (nSPS) is 22.1. The third-order valence-electron chi connectivity index (χ3n) is 11.3. The number of fused-ring (bicyclic) bond motifs is 3. The van der Waals surface area contributed by atoms with Crippen LogP contribution in [0, 0.1) is 5.92 Å². The van der Waals surface area contributed by atoms with E-state index in [4.69, 9.17) is 4.74 Å². The molecule has 3 aliphatic carbocycles. The fourth-order valence-corrected chi connectivity index (χ4v) is 8.53. The standard InChI is InChI=1S/C44H45N3O4/c48-42(45-39-18-8-14-30-12-4-6-16-37(30)39)35-23-22-32-24-34(21-20-33(32)25-35)36-26-41(47(27-36)44(50)51-28-29-10-2-1-3-11-29)43(49)46-40-19-9-15-31-13-5-7-17-38(31)40/h1-7,10-13,16-17,20-21,24,26,35,39-41H,8-9,14-15,18-19,22-23,25,27-28H2,(H,45,48)(H,46,49)/t35-,39?,40?,41-/m0/s1. The smallest absolute Gasteiger partial charge is 0.411 e. The van der Waals surface area contributed by atoms with Crippen molar-refractivity contribution < 1.29 is 19.1 Å². The second kappa shape index (κ2) is 14.6. The van der Waals surface area contributed by atoms with E-state index >= 15 is 0 Å². The lowest BCUT2D eigenvalue weighted by Crippen LogP contribution is -2.47. The number of carbonyl (C=O) groups excluding carboxylic acids is 3. The number of hydrogen-bond donors (Lipinski definition) is 2. The molecule has 4 aromatic carbocycles. The van der Waals surface area contributed by atoms with E-state index in [2.05, 4.69) is 65.2 Å². The Morgan fingerprint density at radius 2 is 1.31 bits per heavy atom. The molecule has 4 aromatic rings. The van der Waals surface area contributed by atoms with Crippen molar-refractivity contribution in [2.75, 3.05) is 6.54 Å². The number of benzene rings is 4. The van der Waals surface area contributed by atoms with E-state index in [1.165, 1.54) is 27.8 Å². The van der Waals surface area contributed by atoms with Gasteiger partial charge in [0, 0.05) is 5.92 Å². The Morgan fingerprint density at radius 3 is 2.02 bits per heavy atom. The van der Waals surface area contributed by atoms with Crippen LogP contribution in [0.15, 0.2) is 103 Å². The van der Waals surface area contributed by atoms with Gasteiger partial charge in [0.1, 0.15) is 12.6 Å². The molecule has 7 nitrogen and oxygen atoms in total. The Hall–Kier alpha value is -5.17. The number of nitrogens with one attached hydrogen (secondary N) is 2. The molecule has 7 heteroatoms. The quantitative estimate of drug-likeness (QED) is 0.211. The molecule has 0 saturated heterocycles. The molecule has 0 bridgehead atoms. The summed E-state index contributed by atoms with van der Waals surface area (Å²) < 4.78 is 5.76. The Kier molecular flexibility index (Phi) is 9.44. The minimum Gasteiger partial charge on any atom is -0.445 e. The summed E-state index contributed by atoms with van der Waals surface area (Å²) in [5.74, 6) is -0.115. The third kappa shape index (κ3) is 7.07. The van der Waals surface area contributed by atoms with Crippen LogP contribution in [0.2, 0.25) is 0 Å². The summed E-state index contributed by atoms with van der Waals surface area (Å²) in [6, 6.07) is 32.0. The molecule has 8 rings (SSSR count). The van der Waals surface area contributed by atoms with E-state index in [0.717, 1.165) is 73.6 Å². The van der Waals surface area contributed by atoms with Crippen LogP contribution >= 0.6 is 0 Å². The molecule has 2 N–H and O–H groups in total. The first-order valence-electron chi connectivity index (χ1n) is 18.6. The molecule has 0 radical (unpaired) electrons. The van der Waals surface area contributed by atoms with Crippen molar-refractivity contribution in [1.82, 2.24) is 15.5 Å². The van der Waals surface area contributed by atoms with E-state index in [1.54, 1.807) is 4.90 Å². The summed E-state index contributed by atoms with van der Waals surface area (Å²) in [5.41, 5.74) is 10.3. The summed E-state index contributed by atoms with van der Waals surface area (Å²) in [4.78, 5) is 42.6. The maximum absolute atomic E-state index is 14.0. The van der Waals surface area contributed by atoms with Gasteiger partial charge in [0.2, 0.25) is 11.8 Å². The molecule has 3 amide bonds. The van der Waals surface area contributed by atoms with E-state index in [1.807, 2.05) is 48.5 Å². The number of hydrogen-bond acceptors (Lipinski definition) is 4. The van der Waals surface area contributed by atoms with Crippen LogP contribution in [0.3, 0.4) is 0 Å². The van der Waals surface area contributed by atoms with Crippen LogP contribution in [0.1, 0.15) is 88.7 Å². The molecule has 0 saturated carbocycles. The highest BCUT2D eigenvalue weighted by Crippen LogP contribution is 2.35. The Morgan fingerprint density at radius 1 is 0.667 bits per heavy atom. The average molecular weight is 680 g/mol. The summed E-state index contributed by atoms with van der Waals surface area (Å²) in [7, 11) is 0. The summed E-state index contributed by atoms with van der Waals surface area (Å²) in [6.45, 7) is 0.413. The first-order valence-corrected chi connectivity index (χ1v) is 18.6. The number of carbonyl (C=O) groups is 3. The van der Waals surface area contributed by atoms with Crippen molar-refractivity contribution in [1.29, 1.82) is 0 Å². The minimum atomic E-state index is -0.786. The summed E-state index contributed by atoms with van der Waals surface area (Å²) in [5, 5.41) is 6.66. The molecule has 4 aliphatic rings. The van der Waals surface area contributed by atoms with Crippen LogP contribution in [-0.2, 0) is 46.6 Å². The molecule has 260 valence electrons. The van der Waals surface area contributed by atoms with E-state index in [0.29, 0.717) is 6.42 Å². The van der Waals surface area contributed by atoms with Crippen molar-refractivity contribution in [2.24, 2.45) is 5.92 Å². The van der Waals surface area contributed by atoms with E-state index in [-0.39, 0.29) is 43.0 Å². The maximum atomic E-state index is 14.0. The second-order valence-electron chi connectivity index (χ2n) is 14.5. The zero-order valence-electron chi connectivity index (χ0n) is 29.0. The molecule has 51 heavy (non-hydrogen) atoms. The minimum absolute atomic E-state index is 0.0593. The highest BCUT2D eigenvalue weighted by atomic mass is 16.6. The molecule has 2 unspecified atom stereocenters. The van der Waals surface area contributed by atoms with E-state index in [9.17, 15) is 14.4 Å². The first-order chi connectivity index (χ1) is 25.0. The van der Waals surface area contributed by atoms with Gasteiger partial charge in [-0.25, -0.2) is 4.79 Å². The highest BCUT2D eigenvalue weighted by molar-refractivity contribution is 5.93. The zero-order chi connectivity index (χ0) is 34.7. The Labute approximate surface area is 300 Å². The predicted molar refractivity (Wildman–Crippen MR) is 198 cm³/mol. The number of ether oxygens (including phenoxy) is 1. The molecule has 0 spiro atoms. The molecule has 4 atom stereocenters. The van der Waals surface area contributed by atoms with Gasteiger partial charge in [0.15, 0.2) is 0 Å². The summed E-state index contributed by atoms with van der Waals surface area (Å²) in [6.07, 6.45) is 9.74. The van der Waals surface area contributed by atoms with Gasteiger partial charge >= 0.3 is 6.09 Å². The molecule has 1 aliphatic heterocycles. The molecule has 0 fully saturated rings. The van der Waals surface area contributed by atoms with Crippen LogP contribution < -0.4 is 10.6 Å². The largest absolute Gasteiger partial charge is 0.445 e. The van der Waals surface area contributed by atoms with Crippen molar-refractivity contribution in [3.63, 3.8) is 0 Å². The monoisotopic (exact) mass is 679 g/mol. The number of amides is 3. The molecular formula is C44H45N3O4. The Bertz CT molecular complexity index is 1970. The van der Waals surface area contributed by atoms with Gasteiger partial charge in [-0.2, -0.15) is 0 Å².